The van der Waals surface area contributed by atoms with E-state index in [9.17, 15) is 4.79 Å². The lowest BCUT2D eigenvalue weighted by atomic mass is 9.90. The molecule has 4 heteroatoms. The molecule has 0 radical (unpaired) electrons. The Morgan fingerprint density at radius 2 is 2.12 bits per heavy atom. The van der Waals surface area contributed by atoms with E-state index in [4.69, 9.17) is 22.4 Å². The third-order valence-electron chi connectivity index (χ3n) is 2.69. The Kier molecular flexibility index (Phi) is 4.77. The summed E-state index contributed by atoms with van der Waals surface area (Å²) in [6.45, 7) is 2.00. The number of carboxylic acid groups (broad SMARTS) is 1. The fourth-order valence-electron chi connectivity index (χ4n) is 1.73. The molecule has 0 aromatic heterocycles. The molecule has 0 amide bonds. The van der Waals surface area contributed by atoms with Crippen LogP contribution in [0.3, 0.4) is 0 Å². The number of hydrogen-bond acceptors (Lipinski definition) is 2. The second-order valence-corrected chi connectivity index (χ2v) is 4.21. The van der Waals surface area contributed by atoms with E-state index in [0.29, 0.717) is 11.4 Å². The van der Waals surface area contributed by atoms with Crippen molar-refractivity contribution in [1.82, 2.24) is 0 Å². The standard InChI is InChI=1S/C12H16ClNO2/c1-2-8(7-11(14)12(15)16)9-5-3-4-6-10(9)13/h3-6,8,11H,2,7,14H2,1H3,(H,15,16). The third-order valence-corrected chi connectivity index (χ3v) is 3.04. The molecule has 0 spiro atoms. The molecular weight excluding hydrogens is 226 g/mol. The number of aliphatic carboxylic acids is 1. The normalized spacial score (nSPS) is 14.4. The molecular formula is C12H16ClNO2. The Morgan fingerprint density at radius 1 is 1.50 bits per heavy atom. The van der Waals surface area contributed by atoms with Crippen LogP contribution in [0.4, 0.5) is 0 Å². The number of carbonyl (C=O) groups is 1. The van der Waals surface area contributed by atoms with Gasteiger partial charge in [-0.1, -0.05) is 36.7 Å². The van der Waals surface area contributed by atoms with Gasteiger partial charge in [0.05, 0.1) is 0 Å². The van der Waals surface area contributed by atoms with Crippen LogP contribution in [-0.4, -0.2) is 17.1 Å². The average Bonchev–Trinajstić information content (AvgIpc) is 2.26. The average molecular weight is 242 g/mol. The van der Waals surface area contributed by atoms with Crippen molar-refractivity contribution in [3.05, 3.63) is 34.9 Å². The summed E-state index contributed by atoms with van der Waals surface area (Å²) < 4.78 is 0. The molecule has 0 fully saturated rings. The smallest absolute Gasteiger partial charge is 0.320 e. The van der Waals surface area contributed by atoms with Gasteiger partial charge >= 0.3 is 5.97 Å². The van der Waals surface area contributed by atoms with Crippen LogP contribution in [-0.2, 0) is 4.79 Å². The van der Waals surface area contributed by atoms with Crippen LogP contribution in [0.15, 0.2) is 24.3 Å². The molecule has 3 nitrogen and oxygen atoms in total. The van der Waals surface area contributed by atoms with Crippen LogP contribution in [0, 0.1) is 0 Å². The Morgan fingerprint density at radius 3 is 2.62 bits per heavy atom. The van der Waals surface area contributed by atoms with Crippen LogP contribution in [0.25, 0.3) is 0 Å². The lowest BCUT2D eigenvalue weighted by Crippen LogP contribution is -2.31. The SMILES string of the molecule is CCC(CC(N)C(=O)O)c1ccccc1Cl. The van der Waals surface area contributed by atoms with Crippen molar-refractivity contribution in [3.8, 4) is 0 Å². The van der Waals surface area contributed by atoms with E-state index in [1.54, 1.807) is 0 Å². The summed E-state index contributed by atoms with van der Waals surface area (Å²) in [5, 5.41) is 9.46. The summed E-state index contributed by atoms with van der Waals surface area (Å²) in [5.74, 6) is -0.870. The molecule has 0 aliphatic heterocycles. The van der Waals surface area contributed by atoms with Crippen LogP contribution >= 0.6 is 11.6 Å². The maximum atomic E-state index is 10.7. The van der Waals surface area contributed by atoms with Crippen molar-refractivity contribution < 1.29 is 9.90 Å². The molecule has 0 saturated heterocycles. The van der Waals surface area contributed by atoms with Gasteiger partial charge < -0.3 is 10.8 Å². The minimum Gasteiger partial charge on any atom is -0.480 e. The first-order valence-corrected chi connectivity index (χ1v) is 5.66. The highest BCUT2D eigenvalue weighted by molar-refractivity contribution is 6.31. The zero-order chi connectivity index (χ0) is 12.1. The van der Waals surface area contributed by atoms with Crippen molar-refractivity contribution in [1.29, 1.82) is 0 Å². The topological polar surface area (TPSA) is 63.3 Å². The van der Waals surface area contributed by atoms with E-state index in [1.165, 1.54) is 0 Å². The van der Waals surface area contributed by atoms with Crippen molar-refractivity contribution in [3.63, 3.8) is 0 Å². The van der Waals surface area contributed by atoms with E-state index in [-0.39, 0.29) is 5.92 Å². The number of carboxylic acids is 1. The minimum atomic E-state index is -0.967. The molecule has 2 atom stereocenters. The summed E-state index contributed by atoms with van der Waals surface area (Å²) in [5.41, 5.74) is 6.51. The van der Waals surface area contributed by atoms with Gasteiger partial charge in [-0.05, 0) is 30.4 Å². The van der Waals surface area contributed by atoms with Crippen molar-refractivity contribution >= 4 is 17.6 Å². The summed E-state index contributed by atoms with van der Waals surface area (Å²) in [7, 11) is 0. The van der Waals surface area contributed by atoms with Crippen LogP contribution in [0.2, 0.25) is 5.02 Å². The first-order valence-electron chi connectivity index (χ1n) is 5.29. The Balaban J connectivity index is 2.83. The summed E-state index contributed by atoms with van der Waals surface area (Å²) in [6.07, 6.45) is 1.24. The Bertz CT molecular complexity index is 368. The first-order chi connectivity index (χ1) is 7.56. The second-order valence-electron chi connectivity index (χ2n) is 3.81. The predicted octanol–water partition coefficient (Wildman–Crippen LogP) is 2.64. The Hall–Kier alpha value is -1.06. The van der Waals surface area contributed by atoms with Crippen LogP contribution < -0.4 is 5.73 Å². The number of nitrogens with two attached hydrogens (primary N) is 1. The molecule has 88 valence electrons. The summed E-state index contributed by atoms with van der Waals surface area (Å²) >= 11 is 6.07. The molecule has 0 bridgehead atoms. The maximum absolute atomic E-state index is 10.7. The molecule has 0 saturated carbocycles. The van der Waals surface area contributed by atoms with Gasteiger partial charge in [-0.15, -0.1) is 0 Å². The lowest BCUT2D eigenvalue weighted by Gasteiger charge is -2.18. The van der Waals surface area contributed by atoms with Crippen LogP contribution in [0.1, 0.15) is 31.2 Å². The van der Waals surface area contributed by atoms with E-state index >= 15 is 0 Å². The zero-order valence-corrected chi connectivity index (χ0v) is 9.95. The molecule has 0 aliphatic rings. The number of hydrogen-bond donors (Lipinski definition) is 2. The summed E-state index contributed by atoms with van der Waals surface area (Å²) in [6, 6.07) is 6.66. The van der Waals surface area contributed by atoms with Crippen LogP contribution in [0.5, 0.6) is 0 Å². The van der Waals surface area contributed by atoms with E-state index in [1.807, 2.05) is 31.2 Å². The van der Waals surface area contributed by atoms with Crippen molar-refractivity contribution in [2.75, 3.05) is 0 Å². The highest BCUT2D eigenvalue weighted by Gasteiger charge is 2.20. The number of halogens is 1. The molecule has 1 rings (SSSR count). The van der Waals surface area contributed by atoms with Crippen molar-refractivity contribution in [2.24, 2.45) is 5.73 Å². The maximum Gasteiger partial charge on any atom is 0.320 e. The lowest BCUT2D eigenvalue weighted by molar-refractivity contribution is -0.138. The fraction of sp³-hybridized carbons (Fsp3) is 0.417. The molecule has 3 N–H and O–H groups in total. The van der Waals surface area contributed by atoms with Gasteiger partial charge in [0.2, 0.25) is 0 Å². The molecule has 0 aliphatic carbocycles. The fourth-order valence-corrected chi connectivity index (χ4v) is 2.02. The predicted molar refractivity (Wildman–Crippen MR) is 64.7 cm³/mol. The summed E-state index contributed by atoms with van der Waals surface area (Å²) in [4.78, 5) is 10.7. The third kappa shape index (κ3) is 3.22. The molecule has 16 heavy (non-hydrogen) atoms. The quantitative estimate of drug-likeness (QED) is 0.833. The van der Waals surface area contributed by atoms with Gasteiger partial charge in [-0.25, -0.2) is 0 Å². The van der Waals surface area contributed by atoms with E-state index in [2.05, 4.69) is 0 Å². The van der Waals surface area contributed by atoms with Gasteiger partial charge in [0.1, 0.15) is 6.04 Å². The Labute approximate surface area is 100 Å². The van der Waals surface area contributed by atoms with Crippen molar-refractivity contribution in [2.45, 2.75) is 31.7 Å². The second kappa shape index (κ2) is 5.87. The number of rotatable bonds is 5. The van der Waals surface area contributed by atoms with E-state index in [0.717, 1.165) is 12.0 Å². The molecule has 2 unspecified atom stereocenters. The molecule has 1 aromatic rings. The highest BCUT2D eigenvalue weighted by Crippen LogP contribution is 2.30. The molecule has 1 aromatic carbocycles. The number of benzene rings is 1. The van der Waals surface area contributed by atoms with Gasteiger partial charge in [-0.2, -0.15) is 0 Å². The monoisotopic (exact) mass is 241 g/mol. The minimum absolute atomic E-state index is 0.0970. The zero-order valence-electron chi connectivity index (χ0n) is 9.19. The van der Waals surface area contributed by atoms with Gasteiger partial charge in [0.25, 0.3) is 0 Å². The first kappa shape index (κ1) is 13.0. The largest absolute Gasteiger partial charge is 0.480 e. The van der Waals surface area contributed by atoms with Gasteiger partial charge in [-0.3, -0.25) is 4.79 Å². The van der Waals surface area contributed by atoms with Gasteiger partial charge in [0.15, 0.2) is 0 Å². The van der Waals surface area contributed by atoms with Gasteiger partial charge in [0, 0.05) is 5.02 Å². The highest BCUT2D eigenvalue weighted by atomic mass is 35.5. The van der Waals surface area contributed by atoms with E-state index < -0.39 is 12.0 Å². The molecule has 0 heterocycles.